The number of carbonyl (C=O) groups is 1. The summed E-state index contributed by atoms with van der Waals surface area (Å²) in [5, 5.41) is 2.94. The van der Waals surface area contributed by atoms with Crippen molar-refractivity contribution < 1.29 is 18.0 Å². The van der Waals surface area contributed by atoms with E-state index in [1.165, 1.54) is 12.3 Å². The summed E-state index contributed by atoms with van der Waals surface area (Å²) >= 11 is 0. The maximum Gasteiger partial charge on any atom is 0.287 e. The van der Waals surface area contributed by atoms with Gasteiger partial charge in [-0.25, -0.2) is 8.78 Å². The Balaban J connectivity index is 1.82. The van der Waals surface area contributed by atoms with Crippen molar-refractivity contribution in [1.29, 1.82) is 0 Å². The van der Waals surface area contributed by atoms with Crippen LogP contribution in [0, 0.1) is 18.6 Å². The number of amides is 1. The standard InChI is InChI=1S/C17H18F2N2O2/c1-10-6-8-23-16(10)17(22)20-14-5-7-21(2)15(14)11-3-4-12(18)13(19)9-11/h3-4,6,8-9,14-15H,5,7H2,1-2H3,(H,20,22)/t14-,15+/m0/s1. The van der Waals surface area contributed by atoms with E-state index < -0.39 is 11.6 Å². The van der Waals surface area contributed by atoms with Gasteiger partial charge in [-0.05, 0) is 44.2 Å². The van der Waals surface area contributed by atoms with Crippen molar-refractivity contribution in [2.24, 2.45) is 0 Å². The topological polar surface area (TPSA) is 45.5 Å². The van der Waals surface area contributed by atoms with E-state index in [1.54, 1.807) is 19.1 Å². The van der Waals surface area contributed by atoms with Gasteiger partial charge in [-0.3, -0.25) is 9.69 Å². The Kier molecular flexibility index (Phi) is 4.17. The molecule has 1 aromatic heterocycles. The van der Waals surface area contributed by atoms with Crippen molar-refractivity contribution in [3.63, 3.8) is 0 Å². The van der Waals surface area contributed by atoms with Crippen LogP contribution in [0.1, 0.15) is 34.1 Å². The molecule has 2 heterocycles. The van der Waals surface area contributed by atoms with Crippen molar-refractivity contribution >= 4 is 5.91 Å². The molecule has 0 bridgehead atoms. The molecule has 1 aliphatic rings. The number of furan rings is 1. The molecular weight excluding hydrogens is 302 g/mol. The van der Waals surface area contributed by atoms with Gasteiger partial charge in [-0.15, -0.1) is 0 Å². The third-order valence-electron chi connectivity index (χ3n) is 4.32. The number of likely N-dealkylation sites (tertiary alicyclic amines) is 1. The monoisotopic (exact) mass is 320 g/mol. The lowest BCUT2D eigenvalue weighted by Crippen LogP contribution is -2.39. The molecule has 6 heteroatoms. The summed E-state index contributed by atoms with van der Waals surface area (Å²) in [6.07, 6.45) is 2.20. The molecule has 4 nitrogen and oxygen atoms in total. The number of benzene rings is 1. The first-order valence-electron chi connectivity index (χ1n) is 7.47. The molecule has 1 amide bonds. The number of halogens is 2. The van der Waals surface area contributed by atoms with Crippen molar-refractivity contribution in [1.82, 2.24) is 10.2 Å². The number of hydrogen-bond acceptors (Lipinski definition) is 3. The van der Waals surface area contributed by atoms with Gasteiger partial charge in [0.05, 0.1) is 18.3 Å². The summed E-state index contributed by atoms with van der Waals surface area (Å²) in [5.41, 5.74) is 1.41. The minimum Gasteiger partial charge on any atom is -0.459 e. The van der Waals surface area contributed by atoms with E-state index >= 15 is 0 Å². The van der Waals surface area contributed by atoms with E-state index in [-0.39, 0.29) is 23.8 Å². The Bertz CT molecular complexity index is 729. The second-order valence-corrected chi connectivity index (χ2v) is 5.90. The van der Waals surface area contributed by atoms with E-state index in [9.17, 15) is 13.6 Å². The van der Waals surface area contributed by atoms with Gasteiger partial charge < -0.3 is 9.73 Å². The summed E-state index contributed by atoms with van der Waals surface area (Å²) in [7, 11) is 1.90. The third-order valence-corrected chi connectivity index (χ3v) is 4.32. The smallest absolute Gasteiger partial charge is 0.287 e. The van der Waals surface area contributed by atoms with Crippen LogP contribution in [0.5, 0.6) is 0 Å². The SMILES string of the molecule is Cc1ccoc1C(=O)N[C@H]1CCN(C)[C@@H]1c1ccc(F)c(F)c1. The van der Waals surface area contributed by atoms with Crippen LogP contribution in [0.25, 0.3) is 0 Å². The molecular formula is C17H18F2N2O2. The fraction of sp³-hybridized carbons (Fsp3) is 0.353. The Morgan fingerprint density at radius 1 is 1.30 bits per heavy atom. The Hall–Kier alpha value is -2.21. The van der Waals surface area contributed by atoms with Crippen LogP contribution in [0.4, 0.5) is 8.78 Å². The molecule has 0 saturated carbocycles. The van der Waals surface area contributed by atoms with E-state index in [1.807, 2.05) is 11.9 Å². The second-order valence-electron chi connectivity index (χ2n) is 5.90. The van der Waals surface area contributed by atoms with Crippen LogP contribution in [0.15, 0.2) is 34.9 Å². The predicted octanol–water partition coefficient (Wildman–Crippen LogP) is 3.04. The molecule has 0 aliphatic carbocycles. The van der Waals surface area contributed by atoms with Gasteiger partial charge in [-0.2, -0.15) is 0 Å². The zero-order valence-corrected chi connectivity index (χ0v) is 13.0. The molecule has 1 aliphatic heterocycles. The number of aryl methyl sites for hydroxylation is 1. The van der Waals surface area contributed by atoms with Crippen molar-refractivity contribution in [3.05, 3.63) is 59.1 Å². The second kappa shape index (κ2) is 6.12. The first kappa shape index (κ1) is 15.7. The van der Waals surface area contributed by atoms with E-state index in [0.717, 1.165) is 24.6 Å². The molecule has 2 atom stereocenters. The van der Waals surface area contributed by atoms with Crippen LogP contribution >= 0.6 is 0 Å². The number of rotatable bonds is 3. The largest absolute Gasteiger partial charge is 0.459 e. The third kappa shape index (κ3) is 2.99. The molecule has 122 valence electrons. The highest BCUT2D eigenvalue weighted by atomic mass is 19.2. The summed E-state index contributed by atoms with van der Waals surface area (Å²) < 4.78 is 31.9. The highest BCUT2D eigenvalue weighted by molar-refractivity contribution is 5.93. The maximum atomic E-state index is 13.5. The zero-order chi connectivity index (χ0) is 16.6. The molecule has 0 radical (unpaired) electrons. The maximum absolute atomic E-state index is 13.5. The molecule has 1 saturated heterocycles. The normalized spacial score (nSPS) is 21.6. The first-order valence-corrected chi connectivity index (χ1v) is 7.47. The summed E-state index contributed by atoms with van der Waals surface area (Å²) in [5.74, 6) is -1.76. The number of nitrogens with zero attached hydrogens (tertiary/aromatic N) is 1. The van der Waals surface area contributed by atoms with Crippen LogP contribution < -0.4 is 5.32 Å². The quantitative estimate of drug-likeness (QED) is 0.945. The van der Waals surface area contributed by atoms with Gasteiger partial charge in [0.25, 0.3) is 5.91 Å². The Morgan fingerprint density at radius 3 is 2.74 bits per heavy atom. The lowest BCUT2D eigenvalue weighted by atomic mass is 9.99. The molecule has 1 aromatic carbocycles. The molecule has 23 heavy (non-hydrogen) atoms. The highest BCUT2D eigenvalue weighted by Crippen LogP contribution is 2.32. The minimum atomic E-state index is -0.880. The average molecular weight is 320 g/mol. The van der Waals surface area contributed by atoms with Crippen molar-refractivity contribution in [2.75, 3.05) is 13.6 Å². The predicted molar refractivity (Wildman–Crippen MR) is 81.0 cm³/mol. The molecule has 0 unspecified atom stereocenters. The number of likely N-dealkylation sites (N-methyl/N-ethyl adjacent to an activating group) is 1. The summed E-state index contributed by atoms with van der Waals surface area (Å²) in [6, 6.07) is 5.20. The summed E-state index contributed by atoms with van der Waals surface area (Å²) in [4.78, 5) is 14.4. The Morgan fingerprint density at radius 2 is 2.09 bits per heavy atom. The molecule has 0 spiro atoms. The van der Waals surface area contributed by atoms with Crippen molar-refractivity contribution in [2.45, 2.75) is 25.4 Å². The van der Waals surface area contributed by atoms with Crippen LogP contribution in [0.2, 0.25) is 0 Å². The molecule has 3 rings (SSSR count). The number of carbonyl (C=O) groups excluding carboxylic acids is 1. The fourth-order valence-electron chi connectivity index (χ4n) is 3.12. The number of hydrogen-bond donors (Lipinski definition) is 1. The van der Waals surface area contributed by atoms with Gasteiger partial charge in [0.15, 0.2) is 17.4 Å². The Labute approximate surface area is 133 Å². The van der Waals surface area contributed by atoms with Crippen molar-refractivity contribution in [3.8, 4) is 0 Å². The van der Waals surface area contributed by atoms with Crippen LogP contribution in [0.3, 0.4) is 0 Å². The minimum absolute atomic E-state index is 0.193. The average Bonchev–Trinajstić information content (AvgIpc) is 3.08. The van der Waals surface area contributed by atoms with Gasteiger partial charge in [0.2, 0.25) is 0 Å². The number of nitrogens with one attached hydrogen (secondary N) is 1. The van der Waals surface area contributed by atoms with Gasteiger partial charge in [0, 0.05) is 12.1 Å². The molecule has 1 N–H and O–H groups in total. The first-order chi connectivity index (χ1) is 11.0. The van der Waals surface area contributed by atoms with E-state index in [4.69, 9.17) is 4.42 Å². The lowest BCUT2D eigenvalue weighted by molar-refractivity contribution is 0.0898. The zero-order valence-electron chi connectivity index (χ0n) is 13.0. The van der Waals surface area contributed by atoms with Gasteiger partial charge in [0.1, 0.15) is 0 Å². The van der Waals surface area contributed by atoms with E-state index in [2.05, 4.69) is 5.32 Å². The van der Waals surface area contributed by atoms with Crippen LogP contribution in [-0.2, 0) is 0 Å². The molecule has 1 fully saturated rings. The molecule has 2 aromatic rings. The van der Waals surface area contributed by atoms with E-state index in [0.29, 0.717) is 5.56 Å². The van der Waals surface area contributed by atoms with Gasteiger partial charge in [-0.1, -0.05) is 6.07 Å². The lowest BCUT2D eigenvalue weighted by Gasteiger charge is -2.26. The fourth-order valence-corrected chi connectivity index (χ4v) is 3.12. The summed E-state index contributed by atoms with van der Waals surface area (Å²) in [6.45, 7) is 2.55. The highest BCUT2D eigenvalue weighted by Gasteiger charge is 2.35. The van der Waals surface area contributed by atoms with Gasteiger partial charge >= 0.3 is 0 Å². The van der Waals surface area contributed by atoms with Crippen LogP contribution in [-0.4, -0.2) is 30.4 Å².